The highest BCUT2D eigenvalue weighted by atomic mass is 16.2. The molecule has 0 aliphatic carbocycles. The minimum absolute atomic E-state index is 0.231. The summed E-state index contributed by atoms with van der Waals surface area (Å²) in [5, 5.41) is 5.28. The van der Waals surface area contributed by atoms with Crippen LogP contribution in [-0.2, 0) is 9.59 Å². The average Bonchev–Trinajstić information content (AvgIpc) is 2.56. The van der Waals surface area contributed by atoms with E-state index in [1.165, 1.54) is 0 Å². The van der Waals surface area contributed by atoms with E-state index in [1.807, 2.05) is 68.4 Å². The molecule has 0 unspecified atom stereocenters. The van der Waals surface area contributed by atoms with Crippen LogP contribution in [-0.4, -0.2) is 25.9 Å². The molecule has 2 aromatic carbocycles. The number of nitrogens with one attached hydrogen (secondary N) is 2. The van der Waals surface area contributed by atoms with Crippen molar-refractivity contribution in [1.82, 2.24) is 5.32 Å². The highest BCUT2D eigenvalue weighted by molar-refractivity contribution is 6.39. The number of rotatable bonds is 4. The van der Waals surface area contributed by atoms with E-state index in [-0.39, 0.29) is 6.04 Å². The Bertz CT molecular complexity index is 666. The van der Waals surface area contributed by atoms with Gasteiger partial charge in [0.05, 0.1) is 6.04 Å². The van der Waals surface area contributed by atoms with Crippen LogP contribution in [0.3, 0.4) is 0 Å². The minimum atomic E-state index is -0.676. The van der Waals surface area contributed by atoms with E-state index in [9.17, 15) is 9.59 Å². The van der Waals surface area contributed by atoms with Gasteiger partial charge in [0, 0.05) is 25.5 Å². The molecule has 0 aliphatic rings. The topological polar surface area (TPSA) is 61.4 Å². The summed E-state index contributed by atoms with van der Waals surface area (Å²) in [7, 11) is 3.87. The number of hydrogen-bond donors (Lipinski definition) is 2. The van der Waals surface area contributed by atoms with Gasteiger partial charge in [-0.3, -0.25) is 9.59 Å². The van der Waals surface area contributed by atoms with E-state index >= 15 is 0 Å². The molecule has 23 heavy (non-hydrogen) atoms. The number of amides is 2. The second-order valence-electron chi connectivity index (χ2n) is 5.50. The third-order valence-corrected chi connectivity index (χ3v) is 3.49. The molecule has 0 spiro atoms. The Hall–Kier alpha value is -2.82. The zero-order valence-electron chi connectivity index (χ0n) is 13.5. The first kappa shape index (κ1) is 16.5. The highest BCUT2D eigenvalue weighted by Gasteiger charge is 2.17. The fourth-order valence-corrected chi connectivity index (χ4v) is 2.12. The third-order valence-electron chi connectivity index (χ3n) is 3.49. The van der Waals surface area contributed by atoms with Gasteiger partial charge in [0.25, 0.3) is 0 Å². The van der Waals surface area contributed by atoms with Crippen LogP contribution in [0.1, 0.15) is 18.5 Å². The molecule has 2 aromatic rings. The number of carbonyl (C=O) groups excluding carboxylic acids is 2. The van der Waals surface area contributed by atoms with E-state index in [4.69, 9.17) is 0 Å². The molecule has 5 heteroatoms. The second kappa shape index (κ2) is 7.45. The molecule has 0 aliphatic heterocycles. The van der Waals surface area contributed by atoms with Crippen LogP contribution in [0.4, 0.5) is 11.4 Å². The number of carbonyl (C=O) groups is 2. The molecule has 1 atom stereocenters. The Balaban J connectivity index is 1.93. The molecule has 0 saturated carbocycles. The largest absolute Gasteiger partial charge is 0.378 e. The van der Waals surface area contributed by atoms with E-state index < -0.39 is 11.8 Å². The van der Waals surface area contributed by atoms with Gasteiger partial charge in [0.1, 0.15) is 0 Å². The molecule has 0 heterocycles. The molecule has 0 aromatic heterocycles. The van der Waals surface area contributed by atoms with Crippen LogP contribution >= 0.6 is 0 Å². The molecular formula is C18H21N3O2. The number of benzene rings is 2. The molecule has 2 N–H and O–H groups in total. The SMILES string of the molecule is C[C@H](NC(=O)C(=O)Nc1ccc(N(C)C)cc1)c1ccccc1. The second-order valence-corrected chi connectivity index (χ2v) is 5.50. The predicted octanol–water partition coefficient (Wildman–Crippen LogP) is 2.57. The van der Waals surface area contributed by atoms with Crippen molar-refractivity contribution in [2.45, 2.75) is 13.0 Å². The Morgan fingerprint density at radius 3 is 2.09 bits per heavy atom. The number of hydrogen-bond acceptors (Lipinski definition) is 3. The standard InChI is InChI=1S/C18H21N3O2/c1-13(14-7-5-4-6-8-14)19-17(22)18(23)20-15-9-11-16(12-10-15)21(2)3/h4-13H,1-3H3,(H,19,22)(H,20,23)/t13-/m0/s1. The van der Waals surface area contributed by atoms with Crippen molar-refractivity contribution < 1.29 is 9.59 Å². The summed E-state index contributed by atoms with van der Waals surface area (Å²) < 4.78 is 0. The lowest BCUT2D eigenvalue weighted by Crippen LogP contribution is -2.36. The quantitative estimate of drug-likeness (QED) is 0.853. The van der Waals surface area contributed by atoms with Crippen molar-refractivity contribution in [2.24, 2.45) is 0 Å². The number of anilines is 2. The fourth-order valence-electron chi connectivity index (χ4n) is 2.12. The van der Waals surface area contributed by atoms with Crippen molar-refractivity contribution in [3.8, 4) is 0 Å². The summed E-state index contributed by atoms with van der Waals surface area (Å²) >= 11 is 0. The van der Waals surface area contributed by atoms with Gasteiger partial charge in [0.2, 0.25) is 0 Å². The summed E-state index contributed by atoms with van der Waals surface area (Å²) in [6, 6.07) is 16.6. The molecule has 0 saturated heterocycles. The summed E-state index contributed by atoms with van der Waals surface area (Å²) in [6.07, 6.45) is 0. The van der Waals surface area contributed by atoms with Gasteiger partial charge in [-0.1, -0.05) is 30.3 Å². The molecule has 2 amide bonds. The normalized spacial score (nSPS) is 11.4. The lowest BCUT2D eigenvalue weighted by molar-refractivity contribution is -0.136. The Morgan fingerprint density at radius 1 is 0.913 bits per heavy atom. The Labute approximate surface area is 136 Å². The van der Waals surface area contributed by atoms with Crippen molar-refractivity contribution in [3.05, 3.63) is 60.2 Å². The third kappa shape index (κ3) is 4.57. The van der Waals surface area contributed by atoms with Gasteiger partial charge < -0.3 is 15.5 Å². The monoisotopic (exact) mass is 311 g/mol. The van der Waals surface area contributed by atoms with E-state index in [2.05, 4.69) is 10.6 Å². The van der Waals surface area contributed by atoms with Gasteiger partial charge in [0.15, 0.2) is 0 Å². The molecular weight excluding hydrogens is 290 g/mol. The molecule has 120 valence electrons. The minimum Gasteiger partial charge on any atom is -0.378 e. The molecule has 2 rings (SSSR count). The maximum absolute atomic E-state index is 12.0. The van der Waals surface area contributed by atoms with Crippen LogP contribution < -0.4 is 15.5 Å². The maximum atomic E-state index is 12.0. The van der Waals surface area contributed by atoms with E-state index in [0.717, 1.165) is 11.3 Å². The van der Waals surface area contributed by atoms with Gasteiger partial charge >= 0.3 is 11.8 Å². The first-order valence-corrected chi connectivity index (χ1v) is 7.41. The van der Waals surface area contributed by atoms with Crippen LogP contribution in [0.15, 0.2) is 54.6 Å². The van der Waals surface area contributed by atoms with Crippen LogP contribution in [0.2, 0.25) is 0 Å². The van der Waals surface area contributed by atoms with Crippen LogP contribution in [0, 0.1) is 0 Å². The highest BCUT2D eigenvalue weighted by Crippen LogP contribution is 2.16. The van der Waals surface area contributed by atoms with Crippen LogP contribution in [0.5, 0.6) is 0 Å². The van der Waals surface area contributed by atoms with Crippen LogP contribution in [0.25, 0.3) is 0 Å². The zero-order chi connectivity index (χ0) is 16.8. The van der Waals surface area contributed by atoms with E-state index in [1.54, 1.807) is 12.1 Å². The number of nitrogens with zero attached hydrogens (tertiary/aromatic N) is 1. The molecule has 5 nitrogen and oxygen atoms in total. The Morgan fingerprint density at radius 2 is 1.52 bits per heavy atom. The van der Waals surface area contributed by atoms with Crippen molar-refractivity contribution in [1.29, 1.82) is 0 Å². The van der Waals surface area contributed by atoms with Gasteiger partial charge in [-0.25, -0.2) is 0 Å². The predicted molar refractivity (Wildman–Crippen MR) is 92.4 cm³/mol. The lowest BCUT2D eigenvalue weighted by Gasteiger charge is -2.15. The molecule has 0 fully saturated rings. The van der Waals surface area contributed by atoms with Gasteiger partial charge in [-0.15, -0.1) is 0 Å². The first-order valence-electron chi connectivity index (χ1n) is 7.41. The fraction of sp³-hybridized carbons (Fsp3) is 0.222. The summed E-state index contributed by atoms with van der Waals surface area (Å²) in [6.45, 7) is 1.84. The molecule has 0 radical (unpaired) electrons. The van der Waals surface area contributed by atoms with Gasteiger partial charge in [-0.2, -0.15) is 0 Å². The van der Waals surface area contributed by atoms with Crippen molar-refractivity contribution in [2.75, 3.05) is 24.3 Å². The lowest BCUT2D eigenvalue weighted by atomic mass is 10.1. The summed E-state index contributed by atoms with van der Waals surface area (Å²) in [5.41, 5.74) is 2.55. The summed E-state index contributed by atoms with van der Waals surface area (Å²) in [4.78, 5) is 25.9. The maximum Gasteiger partial charge on any atom is 0.313 e. The van der Waals surface area contributed by atoms with Gasteiger partial charge in [-0.05, 0) is 36.8 Å². The Kier molecular flexibility index (Phi) is 5.36. The van der Waals surface area contributed by atoms with Crippen molar-refractivity contribution >= 4 is 23.2 Å². The smallest absolute Gasteiger partial charge is 0.313 e. The molecule has 0 bridgehead atoms. The van der Waals surface area contributed by atoms with Crippen molar-refractivity contribution in [3.63, 3.8) is 0 Å². The van der Waals surface area contributed by atoms with E-state index in [0.29, 0.717) is 5.69 Å². The zero-order valence-corrected chi connectivity index (χ0v) is 13.5. The summed E-state index contributed by atoms with van der Waals surface area (Å²) in [5.74, 6) is -1.33. The average molecular weight is 311 g/mol. The first-order chi connectivity index (χ1) is 11.0.